The molecule has 2 aliphatic rings. The van der Waals surface area contributed by atoms with Crippen LogP contribution in [0.25, 0.3) is 22.3 Å². The lowest BCUT2D eigenvalue weighted by atomic mass is 9.99. The zero-order valence-corrected chi connectivity index (χ0v) is 23.3. The van der Waals surface area contributed by atoms with Crippen LogP contribution in [0, 0.1) is 0 Å². The molecule has 17 nitrogen and oxygen atoms in total. The number of phenolic OH excluding ortho intramolecular Hbond substituents is 3. The number of hydrogen-bond donors (Lipinski definition) is 9. The van der Waals surface area contributed by atoms with Gasteiger partial charge in [-0.1, -0.05) is 0 Å². The van der Waals surface area contributed by atoms with Crippen molar-refractivity contribution in [1.82, 2.24) is 0 Å². The summed E-state index contributed by atoms with van der Waals surface area (Å²) in [7, 11) is 0. The first-order valence-corrected chi connectivity index (χ1v) is 13.5. The Morgan fingerprint density at radius 3 is 2.29 bits per heavy atom. The van der Waals surface area contributed by atoms with E-state index in [1.54, 1.807) is 0 Å². The van der Waals surface area contributed by atoms with Crippen LogP contribution in [0.3, 0.4) is 0 Å². The zero-order chi connectivity index (χ0) is 32.7. The van der Waals surface area contributed by atoms with Crippen molar-refractivity contribution in [3.05, 3.63) is 40.6 Å². The summed E-state index contributed by atoms with van der Waals surface area (Å²) in [6.45, 7) is -0.191. The molecular formula is C28H30O17. The van der Waals surface area contributed by atoms with E-state index in [9.17, 15) is 55.5 Å². The molecule has 9 atom stereocenters. The van der Waals surface area contributed by atoms with Gasteiger partial charge in [0.25, 0.3) is 0 Å². The molecule has 45 heavy (non-hydrogen) atoms. The van der Waals surface area contributed by atoms with E-state index in [1.807, 2.05) is 0 Å². The number of ether oxygens (including phenoxy) is 5. The summed E-state index contributed by atoms with van der Waals surface area (Å²) in [5.74, 6) is -4.14. The minimum atomic E-state index is -1.84. The number of esters is 1. The van der Waals surface area contributed by atoms with E-state index in [0.29, 0.717) is 0 Å². The fourth-order valence-corrected chi connectivity index (χ4v) is 4.89. The van der Waals surface area contributed by atoms with Crippen molar-refractivity contribution >= 4 is 16.9 Å². The average Bonchev–Trinajstić information content (AvgIpc) is 2.99. The van der Waals surface area contributed by atoms with E-state index >= 15 is 0 Å². The number of carbonyl (C=O) groups excluding carboxylic acids is 1. The molecule has 244 valence electrons. The van der Waals surface area contributed by atoms with Gasteiger partial charge in [0.15, 0.2) is 23.4 Å². The van der Waals surface area contributed by atoms with Gasteiger partial charge in [-0.2, -0.15) is 0 Å². The molecule has 0 amide bonds. The quantitative estimate of drug-likeness (QED) is 0.101. The molecular weight excluding hydrogens is 608 g/mol. The Morgan fingerprint density at radius 1 is 0.889 bits per heavy atom. The third-order valence-electron chi connectivity index (χ3n) is 7.21. The zero-order valence-electron chi connectivity index (χ0n) is 23.3. The molecule has 2 fully saturated rings. The standard InChI is InChI=1S/C28H30O17/c1-9(30)41-26-22(38)20(36)17(7-29)44-28(26)45-25-21(37)18-14(33)5-11(42-27-23(39)19(35)15(34)8-40-27)6-16(18)43-24(25)10-2-3-12(31)13(32)4-10/h2-6,15,17,19-20,22-23,26-29,31-36,38-39H,7-8H2,1H3. The van der Waals surface area contributed by atoms with Crippen LogP contribution in [-0.4, -0.2) is 120 Å². The average molecular weight is 639 g/mol. The number of aliphatic hydroxyl groups is 6. The van der Waals surface area contributed by atoms with Crippen LogP contribution in [0.1, 0.15) is 6.92 Å². The van der Waals surface area contributed by atoms with Gasteiger partial charge in [0.05, 0.1) is 13.2 Å². The van der Waals surface area contributed by atoms with Crippen LogP contribution in [0.2, 0.25) is 0 Å². The SMILES string of the molecule is CC(=O)OC1C(Oc2c(-c3ccc(O)c(O)c3)oc3cc(OC4OCC(O)C(O)C4O)cc(O)c3c2=O)OC(CO)C(O)C1O. The van der Waals surface area contributed by atoms with Gasteiger partial charge in [0, 0.05) is 24.6 Å². The van der Waals surface area contributed by atoms with Gasteiger partial charge in [-0.3, -0.25) is 9.59 Å². The van der Waals surface area contributed by atoms with Crippen molar-refractivity contribution in [3.8, 4) is 40.1 Å². The van der Waals surface area contributed by atoms with Crippen LogP contribution < -0.4 is 14.9 Å². The second-order valence-corrected chi connectivity index (χ2v) is 10.4. The van der Waals surface area contributed by atoms with Crippen molar-refractivity contribution in [2.24, 2.45) is 0 Å². The molecule has 9 unspecified atom stereocenters. The number of aliphatic hydroxyl groups excluding tert-OH is 6. The molecule has 0 bridgehead atoms. The van der Waals surface area contributed by atoms with Crippen molar-refractivity contribution in [3.63, 3.8) is 0 Å². The molecule has 3 aromatic rings. The highest BCUT2D eigenvalue weighted by Crippen LogP contribution is 2.40. The summed E-state index contributed by atoms with van der Waals surface area (Å²) in [4.78, 5) is 25.7. The maximum absolute atomic E-state index is 13.9. The van der Waals surface area contributed by atoms with Crippen LogP contribution in [-0.2, 0) is 19.0 Å². The van der Waals surface area contributed by atoms with Crippen molar-refractivity contribution in [1.29, 1.82) is 0 Å². The second-order valence-electron chi connectivity index (χ2n) is 10.4. The molecule has 3 heterocycles. The summed E-state index contributed by atoms with van der Waals surface area (Å²) in [6, 6.07) is 5.39. The first-order valence-electron chi connectivity index (χ1n) is 13.5. The predicted molar refractivity (Wildman–Crippen MR) is 145 cm³/mol. The minimum absolute atomic E-state index is 0.0626. The lowest BCUT2D eigenvalue weighted by molar-refractivity contribution is -0.282. The van der Waals surface area contributed by atoms with E-state index < -0.39 is 107 Å². The number of hydrogen-bond acceptors (Lipinski definition) is 17. The highest BCUT2D eigenvalue weighted by Gasteiger charge is 2.48. The fraction of sp³-hybridized carbons (Fsp3) is 0.429. The summed E-state index contributed by atoms with van der Waals surface area (Å²) >= 11 is 0. The predicted octanol–water partition coefficient (Wildman–Crippen LogP) is -1.86. The van der Waals surface area contributed by atoms with E-state index in [1.165, 1.54) is 6.07 Å². The summed E-state index contributed by atoms with van der Waals surface area (Å²) in [5, 5.41) is 90.8. The van der Waals surface area contributed by atoms with E-state index in [4.69, 9.17) is 28.1 Å². The largest absolute Gasteiger partial charge is 0.507 e. The lowest BCUT2D eigenvalue weighted by Gasteiger charge is -2.41. The molecule has 0 saturated carbocycles. The van der Waals surface area contributed by atoms with Crippen LogP contribution >= 0.6 is 0 Å². The molecule has 5 rings (SSSR count). The molecule has 1 aromatic heterocycles. The van der Waals surface area contributed by atoms with Crippen molar-refractivity contribution < 1.29 is 78.9 Å². The first-order chi connectivity index (χ1) is 21.3. The monoisotopic (exact) mass is 638 g/mol. The maximum atomic E-state index is 13.9. The summed E-state index contributed by atoms with van der Waals surface area (Å²) in [6.07, 6.45) is -14.7. The molecule has 2 saturated heterocycles. The fourth-order valence-electron chi connectivity index (χ4n) is 4.89. The normalized spacial score (nSPS) is 30.2. The minimum Gasteiger partial charge on any atom is -0.507 e. The van der Waals surface area contributed by atoms with Gasteiger partial charge in [-0.05, 0) is 18.2 Å². The summed E-state index contributed by atoms with van der Waals surface area (Å²) in [5.41, 5.74) is -1.45. The molecule has 9 N–H and O–H groups in total. The van der Waals surface area contributed by atoms with Crippen molar-refractivity contribution in [2.45, 2.75) is 62.2 Å². The Bertz CT molecular complexity index is 1620. The van der Waals surface area contributed by atoms with Gasteiger partial charge in [-0.25, -0.2) is 0 Å². The molecule has 17 heteroatoms. The third-order valence-corrected chi connectivity index (χ3v) is 7.21. The van der Waals surface area contributed by atoms with Crippen LogP contribution in [0.5, 0.6) is 28.7 Å². The lowest BCUT2D eigenvalue weighted by Crippen LogP contribution is -2.61. The number of rotatable bonds is 7. The topological polar surface area (TPSA) is 275 Å². The highest BCUT2D eigenvalue weighted by molar-refractivity contribution is 5.88. The van der Waals surface area contributed by atoms with Gasteiger partial charge in [-0.15, -0.1) is 0 Å². The van der Waals surface area contributed by atoms with Gasteiger partial charge >= 0.3 is 5.97 Å². The van der Waals surface area contributed by atoms with Crippen LogP contribution in [0.4, 0.5) is 0 Å². The Balaban J connectivity index is 1.63. The molecule has 0 radical (unpaired) electrons. The number of benzene rings is 2. The highest BCUT2D eigenvalue weighted by atomic mass is 16.7. The molecule has 2 aliphatic heterocycles. The van der Waals surface area contributed by atoms with Gasteiger partial charge in [0.2, 0.25) is 23.8 Å². The van der Waals surface area contributed by atoms with E-state index in [0.717, 1.165) is 31.2 Å². The van der Waals surface area contributed by atoms with Gasteiger partial charge in [0.1, 0.15) is 59.1 Å². The number of fused-ring (bicyclic) bond motifs is 1. The Labute approximate surface area is 252 Å². The number of aromatic hydroxyl groups is 3. The smallest absolute Gasteiger partial charge is 0.303 e. The molecule has 0 spiro atoms. The van der Waals surface area contributed by atoms with E-state index in [-0.39, 0.29) is 23.5 Å². The third kappa shape index (κ3) is 6.20. The Morgan fingerprint density at radius 2 is 1.62 bits per heavy atom. The van der Waals surface area contributed by atoms with Crippen molar-refractivity contribution in [2.75, 3.05) is 13.2 Å². The maximum Gasteiger partial charge on any atom is 0.303 e. The summed E-state index contributed by atoms with van der Waals surface area (Å²) < 4.78 is 33.0. The first kappa shape index (κ1) is 32.2. The van der Waals surface area contributed by atoms with Gasteiger partial charge < -0.3 is 74.1 Å². The van der Waals surface area contributed by atoms with E-state index in [2.05, 4.69) is 0 Å². The molecule has 0 aliphatic carbocycles. The molecule has 2 aromatic carbocycles. The second kappa shape index (κ2) is 12.7. The number of carbonyl (C=O) groups is 1. The van der Waals surface area contributed by atoms with Crippen LogP contribution in [0.15, 0.2) is 39.5 Å². The Hall–Kier alpha value is -4.20. The number of phenols is 3. The Kier molecular flexibility index (Phi) is 9.06.